The summed E-state index contributed by atoms with van der Waals surface area (Å²) < 4.78 is 5.48. The van der Waals surface area contributed by atoms with Gasteiger partial charge in [0.1, 0.15) is 11.1 Å². The summed E-state index contributed by atoms with van der Waals surface area (Å²) in [6.07, 6.45) is 1.98. The van der Waals surface area contributed by atoms with E-state index in [1.165, 1.54) is 4.90 Å². The average molecular weight is 319 g/mol. The summed E-state index contributed by atoms with van der Waals surface area (Å²) in [5.41, 5.74) is -0.937. The van der Waals surface area contributed by atoms with Crippen molar-refractivity contribution in [3.8, 4) is 0 Å². The lowest BCUT2D eigenvalue weighted by atomic mass is 9.94. The first-order valence-electron chi connectivity index (χ1n) is 8.02. The van der Waals surface area contributed by atoms with Gasteiger partial charge in [0.15, 0.2) is 0 Å². The van der Waals surface area contributed by atoms with E-state index in [1.54, 1.807) is 20.8 Å². The SMILES string of the molecule is CC(C)(C)OC(=O)N(Cc1ccccc1)C1(C(=O)O)CCCC1. The zero-order chi connectivity index (χ0) is 17.1. The third-order valence-electron chi connectivity index (χ3n) is 4.14. The van der Waals surface area contributed by atoms with Crippen molar-refractivity contribution in [2.45, 2.75) is 64.1 Å². The van der Waals surface area contributed by atoms with Crippen molar-refractivity contribution in [2.24, 2.45) is 0 Å². The van der Waals surface area contributed by atoms with Crippen LogP contribution in [0.5, 0.6) is 0 Å². The number of ether oxygens (including phenoxy) is 1. The maximum Gasteiger partial charge on any atom is 0.411 e. The van der Waals surface area contributed by atoms with Gasteiger partial charge in [-0.25, -0.2) is 9.59 Å². The van der Waals surface area contributed by atoms with Crippen LogP contribution in [0.15, 0.2) is 30.3 Å². The predicted molar refractivity (Wildman–Crippen MR) is 87.1 cm³/mol. The van der Waals surface area contributed by atoms with Crippen molar-refractivity contribution >= 4 is 12.1 Å². The highest BCUT2D eigenvalue weighted by Crippen LogP contribution is 2.37. The molecule has 1 aromatic rings. The number of aliphatic carboxylic acids is 1. The number of carbonyl (C=O) groups excluding carboxylic acids is 1. The Bertz CT molecular complexity index is 556. The van der Waals surface area contributed by atoms with Gasteiger partial charge in [-0.3, -0.25) is 4.90 Å². The molecule has 0 unspecified atom stereocenters. The minimum absolute atomic E-state index is 0.238. The van der Waals surface area contributed by atoms with Crippen molar-refractivity contribution in [3.63, 3.8) is 0 Å². The molecule has 0 saturated heterocycles. The van der Waals surface area contributed by atoms with Gasteiger partial charge in [-0.1, -0.05) is 43.2 Å². The lowest BCUT2D eigenvalue weighted by Crippen LogP contribution is -2.56. The molecule has 0 bridgehead atoms. The lowest BCUT2D eigenvalue weighted by molar-refractivity contribution is -0.151. The molecule has 0 atom stereocenters. The summed E-state index contributed by atoms with van der Waals surface area (Å²) in [4.78, 5) is 26.1. The monoisotopic (exact) mass is 319 g/mol. The fraction of sp³-hybridized carbons (Fsp3) is 0.556. The Morgan fingerprint density at radius 2 is 1.74 bits per heavy atom. The lowest BCUT2D eigenvalue weighted by Gasteiger charge is -2.38. The van der Waals surface area contributed by atoms with Gasteiger partial charge in [0.2, 0.25) is 0 Å². The highest BCUT2D eigenvalue weighted by Gasteiger charge is 2.49. The molecule has 1 fully saturated rings. The summed E-state index contributed by atoms with van der Waals surface area (Å²) >= 11 is 0. The summed E-state index contributed by atoms with van der Waals surface area (Å²) in [5, 5.41) is 9.81. The first-order valence-corrected chi connectivity index (χ1v) is 8.02. The van der Waals surface area contributed by atoms with E-state index in [9.17, 15) is 14.7 Å². The van der Waals surface area contributed by atoms with E-state index in [0.717, 1.165) is 18.4 Å². The maximum absolute atomic E-state index is 12.7. The summed E-state index contributed by atoms with van der Waals surface area (Å²) in [6.45, 7) is 5.59. The molecule has 5 heteroatoms. The normalized spacial score (nSPS) is 16.8. The van der Waals surface area contributed by atoms with Crippen molar-refractivity contribution < 1.29 is 19.4 Å². The Morgan fingerprint density at radius 3 is 2.22 bits per heavy atom. The minimum Gasteiger partial charge on any atom is -0.479 e. The van der Waals surface area contributed by atoms with Crippen LogP contribution in [0, 0.1) is 0 Å². The Labute approximate surface area is 137 Å². The van der Waals surface area contributed by atoms with Crippen LogP contribution >= 0.6 is 0 Å². The molecule has 1 saturated carbocycles. The first kappa shape index (κ1) is 17.3. The largest absolute Gasteiger partial charge is 0.479 e. The molecule has 1 aliphatic rings. The third kappa shape index (κ3) is 4.03. The number of amides is 1. The smallest absolute Gasteiger partial charge is 0.411 e. The molecular formula is C18H25NO4. The van der Waals surface area contributed by atoms with E-state index >= 15 is 0 Å². The number of carboxylic acid groups (broad SMARTS) is 1. The molecule has 0 aromatic heterocycles. The van der Waals surface area contributed by atoms with Crippen LogP contribution in [0.4, 0.5) is 4.79 Å². The predicted octanol–water partition coefficient (Wildman–Crippen LogP) is 3.82. The second-order valence-electron chi connectivity index (χ2n) is 7.10. The van der Waals surface area contributed by atoms with Gasteiger partial charge in [-0.2, -0.15) is 0 Å². The van der Waals surface area contributed by atoms with E-state index in [4.69, 9.17) is 4.74 Å². The first-order chi connectivity index (χ1) is 10.7. The number of hydrogen-bond acceptors (Lipinski definition) is 3. The molecule has 1 aliphatic carbocycles. The zero-order valence-electron chi connectivity index (χ0n) is 14.0. The number of rotatable bonds is 4. The molecule has 0 aliphatic heterocycles. The Kier molecular flexibility index (Phi) is 4.97. The molecule has 0 spiro atoms. The number of carboxylic acids is 1. The zero-order valence-corrected chi connectivity index (χ0v) is 14.0. The fourth-order valence-corrected chi connectivity index (χ4v) is 3.03. The highest BCUT2D eigenvalue weighted by molar-refractivity contribution is 5.85. The van der Waals surface area contributed by atoms with Gasteiger partial charge in [0.05, 0.1) is 6.54 Å². The van der Waals surface area contributed by atoms with Crippen LogP contribution in [0.2, 0.25) is 0 Å². The van der Waals surface area contributed by atoms with E-state index in [2.05, 4.69) is 0 Å². The molecule has 5 nitrogen and oxygen atoms in total. The molecule has 0 radical (unpaired) electrons. The molecule has 2 rings (SSSR count). The molecule has 1 aromatic carbocycles. The maximum atomic E-state index is 12.7. The van der Waals surface area contributed by atoms with Crippen LogP contribution in [0.1, 0.15) is 52.0 Å². The molecule has 126 valence electrons. The number of carbonyl (C=O) groups is 2. The van der Waals surface area contributed by atoms with Crippen LogP contribution in [0.25, 0.3) is 0 Å². The van der Waals surface area contributed by atoms with Gasteiger partial charge < -0.3 is 9.84 Å². The van der Waals surface area contributed by atoms with Gasteiger partial charge in [-0.05, 0) is 39.2 Å². The van der Waals surface area contributed by atoms with Crippen LogP contribution in [-0.2, 0) is 16.1 Å². The molecule has 0 heterocycles. The quantitative estimate of drug-likeness (QED) is 0.916. The fourth-order valence-electron chi connectivity index (χ4n) is 3.03. The van der Waals surface area contributed by atoms with Crippen LogP contribution < -0.4 is 0 Å². The number of benzene rings is 1. The third-order valence-corrected chi connectivity index (χ3v) is 4.14. The molecule has 1 amide bonds. The van der Waals surface area contributed by atoms with Gasteiger partial charge in [-0.15, -0.1) is 0 Å². The van der Waals surface area contributed by atoms with E-state index in [0.29, 0.717) is 12.8 Å². The van der Waals surface area contributed by atoms with E-state index in [1.807, 2.05) is 30.3 Å². The molecular weight excluding hydrogens is 294 g/mol. The molecule has 23 heavy (non-hydrogen) atoms. The number of nitrogens with zero attached hydrogens (tertiary/aromatic N) is 1. The minimum atomic E-state index is -1.17. The Hall–Kier alpha value is -2.04. The van der Waals surface area contributed by atoms with Crippen LogP contribution in [0.3, 0.4) is 0 Å². The Balaban J connectivity index is 2.34. The van der Waals surface area contributed by atoms with Crippen molar-refractivity contribution in [3.05, 3.63) is 35.9 Å². The van der Waals surface area contributed by atoms with E-state index in [-0.39, 0.29) is 6.54 Å². The summed E-state index contributed by atoms with van der Waals surface area (Å²) in [5.74, 6) is -0.947. The highest BCUT2D eigenvalue weighted by atomic mass is 16.6. The second-order valence-corrected chi connectivity index (χ2v) is 7.10. The second kappa shape index (κ2) is 6.60. The average Bonchev–Trinajstić information content (AvgIpc) is 2.94. The van der Waals surface area contributed by atoms with Gasteiger partial charge in [0.25, 0.3) is 0 Å². The van der Waals surface area contributed by atoms with Gasteiger partial charge in [0, 0.05) is 0 Å². The standard InChI is InChI=1S/C18H25NO4/c1-17(2,3)23-16(22)19(13-14-9-5-4-6-10-14)18(15(20)21)11-7-8-12-18/h4-6,9-10H,7-8,11-13H2,1-3H3,(H,20,21). The summed E-state index contributed by atoms with van der Waals surface area (Å²) in [6, 6.07) is 9.43. The Morgan fingerprint density at radius 1 is 1.17 bits per heavy atom. The van der Waals surface area contributed by atoms with Crippen LogP contribution in [-0.4, -0.2) is 33.2 Å². The van der Waals surface area contributed by atoms with E-state index < -0.39 is 23.2 Å². The van der Waals surface area contributed by atoms with Crippen molar-refractivity contribution in [2.75, 3.05) is 0 Å². The topological polar surface area (TPSA) is 66.8 Å². The summed E-state index contributed by atoms with van der Waals surface area (Å²) in [7, 11) is 0. The van der Waals surface area contributed by atoms with Crippen molar-refractivity contribution in [1.82, 2.24) is 4.90 Å². The number of hydrogen-bond donors (Lipinski definition) is 1. The van der Waals surface area contributed by atoms with Gasteiger partial charge >= 0.3 is 12.1 Å². The van der Waals surface area contributed by atoms with Crippen molar-refractivity contribution in [1.29, 1.82) is 0 Å². The molecule has 1 N–H and O–H groups in total.